The van der Waals surface area contributed by atoms with Gasteiger partial charge in [0.05, 0.1) is 7.11 Å². The zero-order valence-electron chi connectivity index (χ0n) is 11.9. The average Bonchev–Trinajstić information content (AvgIpc) is 2.70. The fourth-order valence-corrected chi connectivity index (χ4v) is 2.33. The Balaban J connectivity index is 2.57. The molecule has 0 amide bonds. The summed E-state index contributed by atoms with van der Waals surface area (Å²) in [7, 11) is 1.68. The van der Waals surface area contributed by atoms with Gasteiger partial charge in [0.25, 0.3) is 0 Å². The zero-order chi connectivity index (χ0) is 14.0. The predicted octanol–water partition coefficient (Wildman–Crippen LogP) is 2.78. The molecular formula is C15H20N2O2. The zero-order valence-corrected chi connectivity index (χ0v) is 11.9. The van der Waals surface area contributed by atoms with Gasteiger partial charge in [-0.3, -0.25) is 0 Å². The maximum absolute atomic E-state index is 5.64. The molecule has 0 bridgehead atoms. The summed E-state index contributed by atoms with van der Waals surface area (Å²) < 4.78 is 11.1. The number of methoxy groups -OCH3 is 1. The van der Waals surface area contributed by atoms with Crippen LogP contribution < -0.4 is 10.5 Å². The van der Waals surface area contributed by atoms with Gasteiger partial charge in [-0.1, -0.05) is 6.07 Å². The summed E-state index contributed by atoms with van der Waals surface area (Å²) in [5.74, 6) is 2.32. The smallest absolute Gasteiger partial charge is 0.196 e. The van der Waals surface area contributed by atoms with Crippen LogP contribution in [0.3, 0.4) is 0 Å². The van der Waals surface area contributed by atoms with Crippen LogP contribution in [-0.4, -0.2) is 18.6 Å². The van der Waals surface area contributed by atoms with Crippen LogP contribution in [0.1, 0.15) is 22.8 Å². The Labute approximate surface area is 113 Å². The van der Waals surface area contributed by atoms with Crippen molar-refractivity contribution in [2.24, 2.45) is 5.73 Å². The van der Waals surface area contributed by atoms with Gasteiger partial charge in [-0.25, -0.2) is 4.98 Å². The second kappa shape index (κ2) is 5.45. The Bertz CT molecular complexity index is 588. The van der Waals surface area contributed by atoms with E-state index in [0.717, 1.165) is 28.3 Å². The fourth-order valence-electron chi connectivity index (χ4n) is 2.33. The Hall–Kier alpha value is -1.81. The molecule has 102 valence electrons. The van der Waals surface area contributed by atoms with Gasteiger partial charge in [0.15, 0.2) is 5.89 Å². The largest absolute Gasteiger partial charge is 0.496 e. The van der Waals surface area contributed by atoms with E-state index in [-0.39, 0.29) is 0 Å². The van der Waals surface area contributed by atoms with Gasteiger partial charge >= 0.3 is 0 Å². The van der Waals surface area contributed by atoms with Gasteiger partial charge < -0.3 is 14.9 Å². The topological polar surface area (TPSA) is 61.3 Å². The van der Waals surface area contributed by atoms with Crippen molar-refractivity contribution in [2.75, 3.05) is 13.7 Å². The summed E-state index contributed by atoms with van der Waals surface area (Å²) in [5, 5.41) is 0. The minimum atomic E-state index is 0.531. The SMILES string of the molecule is COc1c(C)cc(C)cc1-c1nc(CCN)oc1C. The third-order valence-electron chi connectivity index (χ3n) is 3.08. The van der Waals surface area contributed by atoms with Gasteiger partial charge in [-0.15, -0.1) is 0 Å². The van der Waals surface area contributed by atoms with Crippen molar-refractivity contribution in [1.82, 2.24) is 4.98 Å². The number of hydrogen-bond donors (Lipinski definition) is 1. The highest BCUT2D eigenvalue weighted by atomic mass is 16.5. The molecule has 0 aliphatic heterocycles. The first-order valence-corrected chi connectivity index (χ1v) is 6.38. The highest BCUT2D eigenvalue weighted by Gasteiger charge is 2.17. The molecule has 0 fully saturated rings. The van der Waals surface area contributed by atoms with E-state index in [2.05, 4.69) is 24.0 Å². The van der Waals surface area contributed by atoms with Crippen LogP contribution in [0.25, 0.3) is 11.3 Å². The third-order valence-corrected chi connectivity index (χ3v) is 3.08. The Morgan fingerprint density at radius 3 is 2.63 bits per heavy atom. The van der Waals surface area contributed by atoms with Crippen LogP contribution in [0.4, 0.5) is 0 Å². The maximum Gasteiger partial charge on any atom is 0.196 e. The highest BCUT2D eigenvalue weighted by Crippen LogP contribution is 2.35. The first-order chi connectivity index (χ1) is 9.06. The summed E-state index contributed by atoms with van der Waals surface area (Å²) in [5.41, 5.74) is 9.63. The lowest BCUT2D eigenvalue weighted by Gasteiger charge is -2.11. The molecule has 0 saturated carbocycles. The first-order valence-electron chi connectivity index (χ1n) is 6.38. The Morgan fingerprint density at radius 1 is 1.26 bits per heavy atom. The molecule has 2 aromatic rings. The molecule has 0 aliphatic rings. The van der Waals surface area contributed by atoms with Crippen molar-refractivity contribution < 1.29 is 9.15 Å². The number of oxazole rings is 1. The van der Waals surface area contributed by atoms with Crippen molar-refractivity contribution in [2.45, 2.75) is 27.2 Å². The van der Waals surface area contributed by atoms with Crippen molar-refractivity contribution in [3.8, 4) is 17.0 Å². The number of ether oxygens (including phenoxy) is 1. The van der Waals surface area contributed by atoms with E-state index >= 15 is 0 Å². The quantitative estimate of drug-likeness (QED) is 0.918. The average molecular weight is 260 g/mol. The van der Waals surface area contributed by atoms with Gasteiger partial charge in [0, 0.05) is 18.5 Å². The number of aromatic nitrogens is 1. The van der Waals surface area contributed by atoms with E-state index in [1.807, 2.05) is 13.8 Å². The monoisotopic (exact) mass is 260 g/mol. The molecule has 0 radical (unpaired) electrons. The van der Waals surface area contributed by atoms with Gasteiger partial charge in [-0.05, 0) is 38.0 Å². The number of hydrogen-bond acceptors (Lipinski definition) is 4. The molecule has 2 rings (SSSR count). The Kier molecular flexibility index (Phi) is 3.90. The molecule has 19 heavy (non-hydrogen) atoms. The molecular weight excluding hydrogens is 240 g/mol. The number of benzene rings is 1. The number of aryl methyl sites for hydroxylation is 3. The van der Waals surface area contributed by atoms with Crippen LogP contribution in [-0.2, 0) is 6.42 Å². The second-order valence-corrected chi connectivity index (χ2v) is 4.71. The Morgan fingerprint density at radius 2 is 2.00 bits per heavy atom. The summed E-state index contributed by atoms with van der Waals surface area (Å²) in [4.78, 5) is 4.53. The summed E-state index contributed by atoms with van der Waals surface area (Å²) in [6.07, 6.45) is 0.647. The molecule has 0 aliphatic carbocycles. The van der Waals surface area contributed by atoms with Crippen LogP contribution in [0.2, 0.25) is 0 Å². The van der Waals surface area contributed by atoms with E-state index < -0.39 is 0 Å². The molecule has 1 heterocycles. The number of nitrogens with two attached hydrogens (primary N) is 1. The lowest BCUT2D eigenvalue weighted by atomic mass is 10.0. The highest BCUT2D eigenvalue weighted by molar-refractivity contribution is 5.71. The van der Waals surface area contributed by atoms with Crippen molar-refractivity contribution in [3.63, 3.8) is 0 Å². The van der Waals surface area contributed by atoms with E-state index in [9.17, 15) is 0 Å². The fraction of sp³-hybridized carbons (Fsp3) is 0.400. The van der Waals surface area contributed by atoms with Crippen molar-refractivity contribution in [1.29, 1.82) is 0 Å². The molecule has 4 nitrogen and oxygen atoms in total. The third kappa shape index (κ3) is 2.63. The van der Waals surface area contributed by atoms with E-state index in [1.54, 1.807) is 7.11 Å². The van der Waals surface area contributed by atoms with Crippen molar-refractivity contribution >= 4 is 0 Å². The minimum Gasteiger partial charge on any atom is -0.496 e. The van der Waals surface area contributed by atoms with Gasteiger partial charge in [0.2, 0.25) is 0 Å². The molecule has 0 unspecified atom stereocenters. The van der Waals surface area contributed by atoms with Crippen LogP contribution >= 0.6 is 0 Å². The molecule has 1 aromatic heterocycles. The van der Waals surface area contributed by atoms with Gasteiger partial charge in [0.1, 0.15) is 17.2 Å². The second-order valence-electron chi connectivity index (χ2n) is 4.71. The van der Waals surface area contributed by atoms with Crippen LogP contribution in [0.15, 0.2) is 16.5 Å². The summed E-state index contributed by atoms with van der Waals surface area (Å²) in [6, 6.07) is 4.17. The number of rotatable bonds is 4. The molecule has 1 aromatic carbocycles. The molecule has 4 heteroatoms. The standard InChI is InChI=1S/C15H20N2O2/c1-9-7-10(2)15(18-4)12(8-9)14-11(3)19-13(17-14)5-6-16/h7-8H,5-6,16H2,1-4H3. The van der Waals surface area contributed by atoms with E-state index in [4.69, 9.17) is 14.9 Å². The van der Waals surface area contributed by atoms with Crippen molar-refractivity contribution in [3.05, 3.63) is 34.9 Å². The summed E-state index contributed by atoms with van der Waals surface area (Å²) in [6.45, 7) is 6.54. The minimum absolute atomic E-state index is 0.531. The first kappa shape index (κ1) is 13.6. The maximum atomic E-state index is 5.64. The molecule has 0 spiro atoms. The lowest BCUT2D eigenvalue weighted by molar-refractivity contribution is 0.413. The predicted molar refractivity (Wildman–Crippen MR) is 75.5 cm³/mol. The van der Waals surface area contributed by atoms with E-state index in [0.29, 0.717) is 18.9 Å². The normalized spacial score (nSPS) is 10.8. The molecule has 0 saturated heterocycles. The van der Waals surface area contributed by atoms with E-state index in [1.165, 1.54) is 5.56 Å². The van der Waals surface area contributed by atoms with Gasteiger partial charge in [-0.2, -0.15) is 0 Å². The summed E-state index contributed by atoms with van der Waals surface area (Å²) >= 11 is 0. The van der Waals surface area contributed by atoms with Crippen LogP contribution in [0, 0.1) is 20.8 Å². The lowest BCUT2D eigenvalue weighted by Crippen LogP contribution is -2.02. The van der Waals surface area contributed by atoms with Crippen LogP contribution in [0.5, 0.6) is 5.75 Å². The number of nitrogens with zero attached hydrogens (tertiary/aromatic N) is 1. The molecule has 0 atom stereocenters. The molecule has 2 N–H and O–H groups in total.